The molecule has 1 atom stereocenters. The van der Waals surface area contributed by atoms with Crippen LogP contribution in [0, 0.1) is 0 Å². The normalized spacial score (nSPS) is 12.1. The van der Waals surface area contributed by atoms with Gasteiger partial charge in [0.2, 0.25) is 0 Å². The molecule has 1 unspecified atom stereocenters. The number of rotatable bonds is 6. The lowest BCUT2D eigenvalue weighted by Gasteiger charge is -2.13. The molecule has 0 aliphatic heterocycles. The van der Waals surface area contributed by atoms with Crippen molar-refractivity contribution in [2.24, 2.45) is 0 Å². The molecule has 102 valence electrons. The van der Waals surface area contributed by atoms with Crippen LogP contribution in [0.3, 0.4) is 0 Å². The van der Waals surface area contributed by atoms with Gasteiger partial charge in [-0.3, -0.25) is 0 Å². The molecule has 0 aliphatic rings. The summed E-state index contributed by atoms with van der Waals surface area (Å²) < 4.78 is 10.3. The summed E-state index contributed by atoms with van der Waals surface area (Å²) in [7, 11) is 0. The summed E-state index contributed by atoms with van der Waals surface area (Å²) in [6, 6.07) is 3.93. The summed E-state index contributed by atoms with van der Waals surface area (Å²) in [4.78, 5) is 15.7. The van der Waals surface area contributed by atoms with Crippen molar-refractivity contribution in [1.29, 1.82) is 0 Å². The van der Waals surface area contributed by atoms with Crippen LogP contribution in [0.2, 0.25) is 0 Å². The first-order valence-electron chi connectivity index (χ1n) is 6.10. The van der Waals surface area contributed by atoms with E-state index in [-0.39, 0.29) is 6.04 Å². The van der Waals surface area contributed by atoms with Crippen LogP contribution in [-0.2, 0) is 11.2 Å². The fourth-order valence-electron chi connectivity index (χ4n) is 1.70. The highest BCUT2D eigenvalue weighted by Gasteiger charge is 2.17. The molecule has 19 heavy (non-hydrogen) atoms. The quantitative estimate of drug-likeness (QED) is 0.824. The van der Waals surface area contributed by atoms with Gasteiger partial charge in [-0.1, -0.05) is 0 Å². The van der Waals surface area contributed by atoms with Crippen molar-refractivity contribution in [2.75, 3.05) is 11.9 Å². The van der Waals surface area contributed by atoms with Crippen molar-refractivity contribution in [2.45, 2.75) is 26.3 Å². The van der Waals surface area contributed by atoms with Crippen molar-refractivity contribution in [3.63, 3.8) is 0 Å². The molecule has 0 bridgehead atoms. The maximum atomic E-state index is 11.7. The van der Waals surface area contributed by atoms with E-state index in [0.29, 0.717) is 12.3 Å². The van der Waals surface area contributed by atoms with Crippen LogP contribution in [-0.4, -0.2) is 23.6 Å². The number of hydrogen-bond acceptors (Lipinski definition) is 6. The Kier molecular flexibility index (Phi) is 4.57. The standard InChI is InChI=1S/C13H16N2O3S/c1-3-17-13(16)11-12(19-8-14-11)15-9(2)7-10-5-4-6-18-10/h4-6,8-9,15H,3,7H2,1-2H3. The lowest BCUT2D eigenvalue weighted by Crippen LogP contribution is -2.19. The number of ether oxygens (including phenoxy) is 1. The monoisotopic (exact) mass is 280 g/mol. The lowest BCUT2D eigenvalue weighted by molar-refractivity contribution is 0.0521. The van der Waals surface area contributed by atoms with Gasteiger partial charge in [-0.2, -0.15) is 0 Å². The second-order valence-corrected chi connectivity index (χ2v) is 4.93. The predicted octanol–water partition coefficient (Wildman–Crippen LogP) is 2.96. The Morgan fingerprint density at radius 3 is 3.16 bits per heavy atom. The topological polar surface area (TPSA) is 64.4 Å². The Morgan fingerprint density at radius 1 is 1.63 bits per heavy atom. The number of esters is 1. The molecule has 0 radical (unpaired) electrons. The van der Waals surface area contributed by atoms with Gasteiger partial charge >= 0.3 is 5.97 Å². The molecule has 0 saturated heterocycles. The Hall–Kier alpha value is -1.82. The molecule has 1 N–H and O–H groups in total. The van der Waals surface area contributed by atoms with Crippen LogP contribution in [0.5, 0.6) is 0 Å². The number of nitrogens with one attached hydrogen (secondary N) is 1. The third-order valence-corrected chi connectivity index (χ3v) is 3.26. The van der Waals surface area contributed by atoms with E-state index >= 15 is 0 Å². The zero-order chi connectivity index (χ0) is 13.7. The molecule has 0 aromatic carbocycles. The van der Waals surface area contributed by atoms with Gasteiger partial charge in [0.25, 0.3) is 0 Å². The smallest absolute Gasteiger partial charge is 0.360 e. The van der Waals surface area contributed by atoms with Gasteiger partial charge < -0.3 is 14.5 Å². The summed E-state index contributed by atoms with van der Waals surface area (Å²) in [6.45, 7) is 4.14. The van der Waals surface area contributed by atoms with Crippen molar-refractivity contribution in [3.8, 4) is 0 Å². The predicted molar refractivity (Wildman–Crippen MR) is 73.6 cm³/mol. The molecular weight excluding hydrogens is 264 g/mol. The van der Waals surface area contributed by atoms with Gasteiger partial charge in [-0.05, 0) is 26.0 Å². The first kappa shape index (κ1) is 13.6. The number of furan rings is 1. The van der Waals surface area contributed by atoms with Crippen molar-refractivity contribution in [3.05, 3.63) is 35.4 Å². The second-order valence-electron chi connectivity index (χ2n) is 4.08. The zero-order valence-electron chi connectivity index (χ0n) is 10.9. The van der Waals surface area contributed by atoms with Gasteiger partial charge in [-0.15, -0.1) is 11.3 Å². The molecule has 0 saturated carbocycles. The van der Waals surface area contributed by atoms with Gasteiger partial charge in [0.05, 0.1) is 18.4 Å². The number of carbonyl (C=O) groups excluding carboxylic acids is 1. The van der Waals surface area contributed by atoms with Crippen molar-refractivity contribution < 1.29 is 13.9 Å². The van der Waals surface area contributed by atoms with E-state index in [4.69, 9.17) is 9.15 Å². The SMILES string of the molecule is CCOC(=O)c1ncsc1NC(C)Cc1ccco1. The molecule has 0 spiro atoms. The Bertz CT molecular complexity index is 522. The Labute approximate surface area is 115 Å². The van der Waals surface area contributed by atoms with E-state index < -0.39 is 5.97 Å². The molecule has 0 fully saturated rings. The van der Waals surface area contributed by atoms with Gasteiger partial charge in [0, 0.05) is 12.5 Å². The fourth-order valence-corrected chi connectivity index (χ4v) is 2.48. The van der Waals surface area contributed by atoms with Crippen LogP contribution in [0.25, 0.3) is 0 Å². The molecular formula is C13H16N2O3S. The largest absolute Gasteiger partial charge is 0.469 e. The maximum Gasteiger partial charge on any atom is 0.360 e. The molecule has 2 aromatic rings. The Balaban J connectivity index is 1.99. The lowest BCUT2D eigenvalue weighted by atomic mass is 10.2. The maximum absolute atomic E-state index is 11.7. The average molecular weight is 280 g/mol. The van der Waals surface area contributed by atoms with Gasteiger partial charge in [0.1, 0.15) is 10.8 Å². The van der Waals surface area contributed by atoms with Crippen LogP contribution in [0.4, 0.5) is 5.00 Å². The van der Waals surface area contributed by atoms with Crippen LogP contribution < -0.4 is 5.32 Å². The van der Waals surface area contributed by atoms with E-state index in [1.165, 1.54) is 11.3 Å². The van der Waals surface area contributed by atoms with Crippen LogP contribution in [0.1, 0.15) is 30.1 Å². The fraction of sp³-hybridized carbons (Fsp3) is 0.385. The summed E-state index contributed by atoms with van der Waals surface area (Å²) in [5, 5.41) is 4.00. The summed E-state index contributed by atoms with van der Waals surface area (Å²) in [5.41, 5.74) is 1.98. The number of thiazole rings is 1. The Morgan fingerprint density at radius 2 is 2.47 bits per heavy atom. The zero-order valence-corrected chi connectivity index (χ0v) is 11.7. The average Bonchev–Trinajstić information content (AvgIpc) is 3.00. The minimum Gasteiger partial charge on any atom is -0.469 e. The number of anilines is 1. The van der Waals surface area contributed by atoms with Crippen LogP contribution in [0.15, 0.2) is 28.3 Å². The van der Waals surface area contributed by atoms with Crippen molar-refractivity contribution in [1.82, 2.24) is 4.98 Å². The van der Waals surface area contributed by atoms with E-state index in [0.717, 1.165) is 17.2 Å². The van der Waals surface area contributed by atoms with E-state index in [1.54, 1.807) is 18.7 Å². The minimum atomic E-state index is -0.392. The molecule has 2 aromatic heterocycles. The van der Waals surface area contributed by atoms with Crippen molar-refractivity contribution >= 4 is 22.3 Å². The molecule has 2 rings (SSSR count). The van der Waals surface area contributed by atoms with Crippen LogP contribution >= 0.6 is 11.3 Å². The van der Waals surface area contributed by atoms with E-state index in [1.807, 2.05) is 19.1 Å². The first-order chi connectivity index (χ1) is 9.20. The molecule has 5 nitrogen and oxygen atoms in total. The summed E-state index contributed by atoms with van der Waals surface area (Å²) in [6.07, 6.45) is 2.39. The highest BCUT2D eigenvalue weighted by atomic mass is 32.1. The summed E-state index contributed by atoms with van der Waals surface area (Å²) in [5.74, 6) is 0.513. The van der Waals surface area contributed by atoms with E-state index in [9.17, 15) is 4.79 Å². The molecule has 0 amide bonds. The number of carbonyl (C=O) groups is 1. The number of nitrogens with zero attached hydrogens (tertiary/aromatic N) is 1. The summed E-state index contributed by atoms with van der Waals surface area (Å²) >= 11 is 1.39. The number of hydrogen-bond donors (Lipinski definition) is 1. The molecule has 6 heteroatoms. The highest BCUT2D eigenvalue weighted by molar-refractivity contribution is 7.14. The first-order valence-corrected chi connectivity index (χ1v) is 6.98. The van der Waals surface area contributed by atoms with Gasteiger partial charge in [-0.25, -0.2) is 9.78 Å². The van der Waals surface area contributed by atoms with E-state index in [2.05, 4.69) is 10.3 Å². The second kappa shape index (κ2) is 6.38. The minimum absolute atomic E-state index is 0.139. The third-order valence-electron chi connectivity index (χ3n) is 2.50. The molecule has 2 heterocycles. The highest BCUT2D eigenvalue weighted by Crippen LogP contribution is 2.22. The van der Waals surface area contributed by atoms with Gasteiger partial charge in [0.15, 0.2) is 5.69 Å². The molecule has 0 aliphatic carbocycles. The number of aromatic nitrogens is 1. The third kappa shape index (κ3) is 3.57.